The van der Waals surface area contributed by atoms with E-state index in [4.69, 9.17) is 4.18 Å². The van der Waals surface area contributed by atoms with Crippen LogP contribution in [0.25, 0.3) is 10.9 Å². The number of para-hydroxylation sites is 1. The topological polar surface area (TPSA) is 59.5 Å². The molecule has 2 unspecified atom stereocenters. The Morgan fingerprint density at radius 1 is 1.00 bits per heavy atom. The smallest absolute Gasteiger partial charge is 0.300 e. The predicted molar refractivity (Wildman–Crippen MR) is 138 cm³/mol. The molecule has 0 bridgehead atoms. The fourth-order valence-electron chi connectivity index (χ4n) is 5.34. The van der Waals surface area contributed by atoms with Crippen molar-refractivity contribution >= 4 is 21.0 Å². The number of benzene rings is 2. The largest absolute Gasteiger partial charge is 0.433 e. The van der Waals surface area contributed by atoms with Gasteiger partial charge in [0.1, 0.15) is 5.69 Å². The Balaban J connectivity index is 1.85. The number of pyridine rings is 1. The second-order valence-electron chi connectivity index (χ2n) is 9.96. The lowest BCUT2D eigenvalue weighted by Gasteiger charge is -2.37. The molecule has 2 heterocycles. The van der Waals surface area contributed by atoms with Crippen molar-refractivity contribution in [1.29, 1.82) is 0 Å². The predicted octanol–water partition coefficient (Wildman–Crippen LogP) is 7.42. The molecule has 0 spiro atoms. The van der Waals surface area contributed by atoms with E-state index in [1.165, 1.54) is 30.3 Å². The molecule has 40 heavy (non-hydrogen) atoms. The number of rotatable bonds is 9. The van der Waals surface area contributed by atoms with E-state index in [0.717, 1.165) is 50.9 Å². The summed E-state index contributed by atoms with van der Waals surface area (Å²) >= 11 is 0. The summed E-state index contributed by atoms with van der Waals surface area (Å²) in [6.07, 6.45) is -6.37. The van der Waals surface area contributed by atoms with Gasteiger partial charge in [-0.1, -0.05) is 43.7 Å². The molecule has 1 aromatic heterocycles. The first kappa shape index (κ1) is 30.3. The van der Waals surface area contributed by atoms with Gasteiger partial charge in [-0.25, -0.2) is 4.98 Å². The van der Waals surface area contributed by atoms with Crippen LogP contribution in [0.15, 0.2) is 59.5 Å². The molecular weight excluding hydrogens is 558 g/mol. The maximum atomic E-state index is 13.9. The summed E-state index contributed by atoms with van der Waals surface area (Å²) in [6.45, 7) is 2.98. The SMILES string of the molecule is CCCN1CCCCC1CC(COS(=O)(=O)c1ccccc1)c1cc(C(F)(F)F)nc2c(C(F)(F)F)cccc12. The Morgan fingerprint density at radius 3 is 2.38 bits per heavy atom. The van der Waals surface area contributed by atoms with Crippen LogP contribution in [-0.2, 0) is 26.7 Å². The van der Waals surface area contributed by atoms with Crippen molar-refractivity contribution in [2.75, 3.05) is 19.7 Å². The van der Waals surface area contributed by atoms with Gasteiger partial charge in [0.15, 0.2) is 0 Å². The van der Waals surface area contributed by atoms with Crippen LogP contribution in [0.5, 0.6) is 0 Å². The first-order valence-electron chi connectivity index (χ1n) is 13.1. The fourth-order valence-corrected chi connectivity index (χ4v) is 6.31. The van der Waals surface area contributed by atoms with E-state index < -0.39 is 51.8 Å². The summed E-state index contributed by atoms with van der Waals surface area (Å²) in [5.41, 5.74) is -3.67. The number of likely N-dealkylation sites (tertiary alicyclic amines) is 1. The van der Waals surface area contributed by atoms with E-state index in [9.17, 15) is 34.8 Å². The zero-order chi connectivity index (χ0) is 29.1. The highest BCUT2D eigenvalue weighted by molar-refractivity contribution is 7.86. The average Bonchev–Trinajstić information content (AvgIpc) is 2.90. The summed E-state index contributed by atoms with van der Waals surface area (Å²) in [5.74, 6) is -0.962. The molecule has 1 aliphatic heterocycles. The van der Waals surface area contributed by atoms with Gasteiger partial charge in [-0.15, -0.1) is 0 Å². The van der Waals surface area contributed by atoms with Crippen molar-refractivity contribution in [3.8, 4) is 0 Å². The Bertz CT molecular complexity index is 1410. The Labute approximate surface area is 229 Å². The minimum absolute atomic E-state index is 0.0753. The van der Waals surface area contributed by atoms with E-state index in [-0.39, 0.29) is 28.3 Å². The molecule has 1 fully saturated rings. The molecule has 218 valence electrons. The normalized spacial score (nSPS) is 18.2. The molecule has 1 aliphatic rings. The maximum absolute atomic E-state index is 13.9. The standard InChI is InChI=1S/C28H30F6N2O3S/c1-2-14-36-15-7-6-9-20(36)16-19(18-39-40(37,38)21-10-4-3-5-11-21)23-17-25(28(32,33)34)35-26-22(23)12-8-13-24(26)27(29,30)31/h3-5,8,10-13,17,19-20H,2,6-7,9,14-16,18H2,1H3. The van der Waals surface area contributed by atoms with Crippen LogP contribution in [-0.4, -0.2) is 44.0 Å². The van der Waals surface area contributed by atoms with Gasteiger partial charge >= 0.3 is 12.4 Å². The van der Waals surface area contributed by atoms with Crippen molar-refractivity contribution < 1.29 is 38.9 Å². The molecule has 0 radical (unpaired) electrons. The number of aromatic nitrogens is 1. The highest BCUT2D eigenvalue weighted by atomic mass is 32.2. The van der Waals surface area contributed by atoms with E-state index in [1.807, 2.05) is 6.92 Å². The minimum atomic E-state index is -5.03. The van der Waals surface area contributed by atoms with Crippen molar-refractivity contribution in [2.24, 2.45) is 0 Å². The van der Waals surface area contributed by atoms with Crippen LogP contribution in [0.3, 0.4) is 0 Å². The Kier molecular flexibility index (Phi) is 9.11. The number of halogens is 6. The summed E-state index contributed by atoms with van der Waals surface area (Å²) in [5, 5.41) is -0.119. The van der Waals surface area contributed by atoms with E-state index in [2.05, 4.69) is 9.88 Å². The maximum Gasteiger partial charge on any atom is 0.433 e. The second-order valence-corrected chi connectivity index (χ2v) is 11.6. The molecule has 0 aliphatic carbocycles. The fraction of sp³-hybridized carbons (Fsp3) is 0.464. The third kappa shape index (κ3) is 6.95. The summed E-state index contributed by atoms with van der Waals surface area (Å²) in [6, 6.07) is 11.0. The van der Waals surface area contributed by atoms with Crippen molar-refractivity contribution in [2.45, 2.75) is 68.2 Å². The van der Waals surface area contributed by atoms with E-state index in [1.54, 1.807) is 6.07 Å². The van der Waals surface area contributed by atoms with Gasteiger partial charge in [-0.05, 0) is 68.6 Å². The quantitative estimate of drug-likeness (QED) is 0.192. The van der Waals surface area contributed by atoms with Gasteiger partial charge in [0.05, 0.1) is 22.6 Å². The van der Waals surface area contributed by atoms with Crippen LogP contribution < -0.4 is 0 Å². The lowest BCUT2D eigenvalue weighted by atomic mass is 9.86. The molecule has 0 saturated carbocycles. The van der Waals surface area contributed by atoms with E-state index in [0.29, 0.717) is 6.07 Å². The lowest BCUT2D eigenvalue weighted by Crippen LogP contribution is -2.41. The molecule has 0 amide bonds. The first-order chi connectivity index (χ1) is 18.8. The van der Waals surface area contributed by atoms with Gasteiger partial charge in [0, 0.05) is 17.3 Å². The van der Waals surface area contributed by atoms with Gasteiger partial charge in [-0.3, -0.25) is 4.18 Å². The summed E-state index contributed by atoms with van der Waals surface area (Å²) in [7, 11) is -4.28. The number of alkyl halides is 6. The van der Waals surface area contributed by atoms with Crippen LogP contribution in [0.4, 0.5) is 26.3 Å². The average molecular weight is 589 g/mol. The van der Waals surface area contributed by atoms with Crippen LogP contribution in [0.1, 0.15) is 61.8 Å². The third-order valence-electron chi connectivity index (χ3n) is 7.18. The zero-order valence-electron chi connectivity index (χ0n) is 21.8. The number of fused-ring (bicyclic) bond motifs is 1. The Morgan fingerprint density at radius 2 is 1.73 bits per heavy atom. The van der Waals surface area contributed by atoms with Crippen molar-refractivity contribution in [3.05, 3.63) is 71.4 Å². The van der Waals surface area contributed by atoms with E-state index >= 15 is 0 Å². The first-order valence-corrected chi connectivity index (χ1v) is 14.5. The van der Waals surface area contributed by atoms with Crippen molar-refractivity contribution in [3.63, 3.8) is 0 Å². The van der Waals surface area contributed by atoms with Gasteiger partial charge in [0.25, 0.3) is 10.1 Å². The number of piperidine rings is 1. The molecule has 2 aromatic carbocycles. The molecule has 1 saturated heterocycles. The minimum Gasteiger partial charge on any atom is -0.300 e. The monoisotopic (exact) mass is 588 g/mol. The third-order valence-corrected chi connectivity index (χ3v) is 8.48. The van der Waals surface area contributed by atoms with Gasteiger partial charge in [0.2, 0.25) is 0 Å². The molecule has 12 heteroatoms. The lowest BCUT2D eigenvalue weighted by molar-refractivity contribution is -0.142. The van der Waals surface area contributed by atoms with Crippen LogP contribution >= 0.6 is 0 Å². The number of hydrogen-bond donors (Lipinski definition) is 0. The number of hydrogen-bond acceptors (Lipinski definition) is 5. The number of nitrogens with zero attached hydrogens (tertiary/aromatic N) is 2. The molecule has 3 aromatic rings. The molecular formula is C28H30F6N2O3S. The zero-order valence-corrected chi connectivity index (χ0v) is 22.6. The summed E-state index contributed by atoms with van der Waals surface area (Å²) in [4.78, 5) is 5.46. The summed E-state index contributed by atoms with van der Waals surface area (Å²) < 4.78 is 115. The second kappa shape index (κ2) is 12.0. The molecule has 2 atom stereocenters. The highest BCUT2D eigenvalue weighted by Gasteiger charge is 2.39. The molecule has 0 N–H and O–H groups in total. The highest BCUT2D eigenvalue weighted by Crippen LogP contribution is 2.41. The van der Waals surface area contributed by atoms with Gasteiger partial charge < -0.3 is 4.90 Å². The molecule has 4 rings (SSSR count). The molecule has 5 nitrogen and oxygen atoms in total. The van der Waals surface area contributed by atoms with Crippen LogP contribution in [0, 0.1) is 0 Å². The van der Waals surface area contributed by atoms with Gasteiger partial charge in [-0.2, -0.15) is 34.8 Å². The Hall–Kier alpha value is -2.70. The van der Waals surface area contributed by atoms with Crippen molar-refractivity contribution in [1.82, 2.24) is 9.88 Å². The van der Waals surface area contributed by atoms with Crippen LogP contribution in [0.2, 0.25) is 0 Å².